The Kier molecular flexibility index (Phi) is 6.72. The molecule has 0 spiro atoms. The van der Waals surface area contributed by atoms with E-state index in [0.29, 0.717) is 0 Å². The Labute approximate surface area is 206 Å². The zero-order valence-electron chi connectivity index (χ0n) is 19.4. The zero-order chi connectivity index (χ0) is 23.9. The Hall–Kier alpha value is -4.57. The highest BCUT2D eigenvalue weighted by Gasteiger charge is 2.06. The minimum atomic E-state index is 0.167. The summed E-state index contributed by atoms with van der Waals surface area (Å²) in [6, 6.07) is 35.1. The van der Waals surface area contributed by atoms with Crippen LogP contribution < -0.4 is 16.4 Å². The molecule has 0 heterocycles. The van der Waals surface area contributed by atoms with Gasteiger partial charge < -0.3 is 16.4 Å². The third-order valence-electron chi connectivity index (χ3n) is 5.81. The third-order valence-corrected chi connectivity index (χ3v) is 5.81. The number of benzene rings is 4. The second kappa shape index (κ2) is 10.6. The standard InChI is InChI=1S/C31H28N4/c32-25-10-6-23(7-11-25)22-24-8-12-27(13-9-24)34-29-18-20-31(21-19-29)35-30-16-14-28(15-17-30)33-26-4-2-1-3-5-26/h1-21,28,33-34H,22,32H2. The number of para-hydroxylation sites is 1. The fourth-order valence-electron chi connectivity index (χ4n) is 3.93. The molecule has 0 aromatic heterocycles. The molecule has 172 valence electrons. The van der Waals surface area contributed by atoms with Crippen LogP contribution in [-0.4, -0.2) is 11.8 Å². The number of nitrogens with zero attached hydrogens (tertiary/aromatic N) is 1. The number of allylic oxidation sites excluding steroid dienone is 2. The fourth-order valence-corrected chi connectivity index (χ4v) is 3.93. The molecule has 0 radical (unpaired) electrons. The lowest BCUT2D eigenvalue weighted by atomic mass is 10.0. The van der Waals surface area contributed by atoms with Crippen molar-refractivity contribution in [1.29, 1.82) is 0 Å². The number of rotatable bonds is 7. The molecule has 1 aliphatic rings. The van der Waals surface area contributed by atoms with Crippen molar-refractivity contribution in [2.24, 2.45) is 4.99 Å². The van der Waals surface area contributed by atoms with Gasteiger partial charge in [0, 0.05) is 22.7 Å². The van der Waals surface area contributed by atoms with Crippen LogP contribution >= 0.6 is 0 Å². The molecule has 1 aliphatic carbocycles. The van der Waals surface area contributed by atoms with Crippen LogP contribution in [0.5, 0.6) is 0 Å². The molecule has 0 saturated heterocycles. The second-order valence-corrected chi connectivity index (χ2v) is 8.58. The van der Waals surface area contributed by atoms with Gasteiger partial charge in [0.1, 0.15) is 0 Å². The summed E-state index contributed by atoms with van der Waals surface area (Å²) < 4.78 is 0. The normalized spacial score (nSPS) is 14.5. The first-order valence-electron chi connectivity index (χ1n) is 11.8. The van der Waals surface area contributed by atoms with Crippen LogP contribution in [-0.2, 0) is 6.42 Å². The van der Waals surface area contributed by atoms with Crippen molar-refractivity contribution < 1.29 is 0 Å². The number of nitrogens with two attached hydrogens (primary N) is 1. The van der Waals surface area contributed by atoms with Crippen molar-refractivity contribution in [1.82, 2.24) is 0 Å². The lowest BCUT2D eigenvalue weighted by molar-refractivity contribution is 1.10. The van der Waals surface area contributed by atoms with E-state index in [1.807, 2.05) is 42.5 Å². The number of anilines is 4. The van der Waals surface area contributed by atoms with Crippen molar-refractivity contribution >= 4 is 34.1 Å². The van der Waals surface area contributed by atoms with Gasteiger partial charge in [-0.3, -0.25) is 0 Å². The first-order chi connectivity index (χ1) is 17.2. The maximum absolute atomic E-state index is 5.77. The lowest BCUT2D eigenvalue weighted by Crippen LogP contribution is -2.16. The molecule has 0 atom stereocenters. The predicted molar refractivity (Wildman–Crippen MR) is 149 cm³/mol. The van der Waals surface area contributed by atoms with E-state index in [1.165, 1.54) is 11.1 Å². The SMILES string of the molecule is Nc1ccc(Cc2ccc(Nc3ccc(N=C4C=CC(Nc5ccccc5)C=C4)cc3)cc2)cc1. The molecule has 0 unspecified atom stereocenters. The molecule has 4 N–H and O–H groups in total. The van der Waals surface area contributed by atoms with E-state index in [2.05, 4.69) is 95.6 Å². The van der Waals surface area contributed by atoms with Gasteiger partial charge in [-0.25, -0.2) is 4.99 Å². The smallest absolute Gasteiger partial charge is 0.0638 e. The third kappa shape index (κ3) is 6.27. The van der Waals surface area contributed by atoms with Crippen LogP contribution in [0.1, 0.15) is 11.1 Å². The number of hydrogen-bond acceptors (Lipinski definition) is 4. The summed E-state index contributed by atoms with van der Waals surface area (Å²) >= 11 is 0. The van der Waals surface area contributed by atoms with Crippen molar-refractivity contribution in [3.05, 3.63) is 139 Å². The number of nitrogens with one attached hydrogen (secondary N) is 2. The van der Waals surface area contributed by atoms with Gasteiger partial charge in [0.25, 0.3) is 0 Å². The summed E-state index contributed by atoms with van der Waals surface area (Å²) in [6.07, 6.45) is 9.25. The minimum Gasteiger partial charge on any atom is -0.399 e. The summed E-state index contributed by atoms with van der Waals surface area (Å²) in [7, 11) is 0. The fraction of sp³-hybridized carbons (Fsp3) is 0.0645. The molecule has 0 saturated carbocycles. The van der Waals surface area contributed by atoms with E-state index in [1.54, 1.807) is 0 Å². The minimum absolute atomic E-state index is 0.167. The molecule has 5 rings (SSSR count). The Balaban J connectivity index is 1.16. The van der Waals surface area contributed by atoms with Crippen LogP contribution in [0.4, 0.5) is 28.4 Å². The Morgan fingerprint density at radius 1 is 0.629 bits per heavy atom. The van der Waals surface area contributed by atoms with Gasteiger partial charge in [0.05, 0.1) is 17.4 Å². The monoisotopic (exact) mass is 456 g/mol. The second-order valence-electron chi connectivity index (χ2n) is 8.58. The van der Waals surface area contributed by atoms with Crippen LogP contribution in [0.3, 0.4) is 0 Å². The molecular weight excluding hydrogens is 428 g/mol. The van der Waals surface area contributed by atoms with E-state index < -0.39 is 0 Å². The van der Waals surface area contributed by atoms with E-state index >= 15 is 0 Å². The highest BCUT2D eigenvalue weighted by atomic mass is 14.9. The zero-order valence-corrected chi connectivity index (χ0v) is 19.4. The van der Waals surface area contributed by atoms with Crippen LogP contribution in [0, 0.1) is 0 Å². The van der Waals surface area contributed by atoms with E-state index in [4.69, 9.17) is 10.7 Å². The molecule has 0 bridgehead atoms. The largest absolute Gasteiger partial charge is 0.399 e. The van der Waals surface area contributed by atoms with Gasteiger partial charge in [-0.05, 0) is 90.4 Å². The van der Waals surface area contributed by atoms with Crippen molar-refractivity contribution in [2.45, 2.75) is 12.5 Å². The van der Waals surface area contributed by atoms with Crippen molar-refractivity contribution in [3.8, 4) is 0 Å². The maximum Gasteiger partial charge on any atom is 0.0638 e. The predicted octanol–water partition coefficient (Wildman–Crippen LogP) is 7.28. The summed E-state index contributed by atoms with van der Waals surface area (Å²) in [5.74, 6) is 0. The molecule has 35 heavy (non-hydrogen) atoms. The molecule has 4 aromatic rings. The Morgan fingerprint density at radius 2 is 1.20 bits per heavy atom. The summed E-state index contributed by atoms with van der Waals surface area (Å²) in [5, 5.41) is 6.93. The highest BCUT2D eigenvalue weighted by Crippen LogP contribution is 2.22. The van der Waals surface area contributed by atoms with Crippen LogP contribution in [0.25, 0.3) is 0 Å². The van der Waals surface area contributed by atoms with Crippen molar-refractivity contribution in [2.75, 3.05) is 16.4 Å². The molecule has 4 nitrogen and oxygen atoms in total. The first kappa shape index (κ1) is 22.2. The van der Waals surface area contributed by atoms with Gasteiger partial charge in [0.15, 0.2) is 0 Å². The highest BCUT2D eigenvalue weighted by molar-refractivity contribution is 6.06. The maximum atomic E-state index is 5.77. The van der Waals surface area contributed by atoms with Gasteiger partial charge in [0.2, 0.25) is 0 Å². The lowest BCUT2D eigenvalue weighted by Gasteiger charge is -2.15. The number of nitrogen functional groups attached to an aromatic ring is 1. The molecular formula is C31H28N4. The van der Waals surface area contributed by atoms with Crippen LogP contribution in [0.15, 0.2) is 132 Å². The quantitative estimate of drug-likeness (QED) is 0.256. The van der Waals surface area contributed by atoms with Gasteiger partial charge in [-0.15, -0.1) is 0 Å². The summed E-state index contributed by atoms with van der Waals surface area (Å²) in [4.78, 5) is 4.74. The van der Waals surface area contributed by atoms with Crippen molar-refractivity contribution in [3.63, 3.8) is 0 Å². The number of aliphatic imine (C=N–C) groups is 1. The number of hydrogen-bond donors (Lipinski definition) is 3. The Morgan fingerprint density at radius 3 is 1.83 bits per heavy atom. The van der Waals surface area contributed by atoms with Gasteiger partial charge in [-0.2, -0.15) is 0 Å². The molecule has 0 amide bonds. The topological polar surface area (TPSA) is 62.4 Å². The van der Waals surface area contributed by atoms with Gasteiger partial charge >= 0.3 is 0 Å². The average molecular weight is 457 g/mol. The van der Waals surface area contributed by atoms with E-state index in [-0.39, 0.29) is 6.04 Å². The summed E-state index contributed by atoms with van der Waals surface area (Å²) in [5.41, 5.74) is 14.1. The summed E-state index contributed by atoms with van der Waals surface area (Å²) in [6.45, 7) is 0. The first-order valence-corrected chi connectivity index (χ1v) is 11.8. The molecule has 0 fully saturated rings. The van der Waals surface area contributed by atoms with Gasteiger partial charge in [-0.1, -0.05) is 54.6 Å². The molecule has 0 aliphatic heterocycles. The van der Waals surface area contributed by atoms with E-state index in [9.17, 15) is 0 Å². The molecule has 4 heteroatoms. The molecule has 4 aromatic carbocycles. The van der Waals surface area contributed by atoms with Crippen LogP contribution in [0.2, 0.25) is 0 Å². The Bertz CT molecular complexity index is 1320. The average Bonchev–Trinajstić information content (AvgIpc) is 2.89. The van der Waals surface area contributed by atoms with E-state index in [0.717, 1.165) is 40.6 Å².